The number of benzene rings is 2. The normalized spacial score (nSPS) is 16.6. The van der Waals surface area contributed by atoms with Crippen LogP contribution in [-0.2, 0) is 14.3 Å². The summed E-state index contributed by atoms with van der Waals surface area (Å²) in [4.78, 5) is 25.4. The average Bonchev–Trinajstić information content (AvgIpc) is 3.19. The van der Waals surface area contributed by atoms with Crippen molar-refractivity contribution in [3.63, 3.8) is 0 Å². The second-order valence-electron chi connectivity index (χ2n) is 6.38. The van der Waals surface area contributed by atoms with Crippen LogP contribution in [0.5, 0.6) is 0 Å². The third-order valence-corrected chi connectivity index (χ3v) is 5.52. The van der Waals surface area contributed by atoms with Crippen molar-refractivity contribution in [2.75, 3.05) is 5.32 Å². The van der Waals surface area contributed by atoms with Crippen LogP contribution in [0, 0.1) is 5.82 Å². The van der Waals surface area contributed by atoms with E-state index in [4.69, 9.17) is 9.15 Å². The summed E-state index contributed by atoms with van der Waals surface area (Å²) in [6, 6.07) is 13.0. The van der Waals surface area contributed by atoms with Crippen molar-refractivity contribution in [1.82, 2.24) is 10.2 Å². The number of halogens is 1. The molecular weight excluding hydrogens is 397 g/mol. The summed E-state index contributed by atoms with van der Waals surface area (Å²) in [7, 11) is 0. The zero-order valence-electron chi connectivity index (χ0n) is 15.3. The molecule has 0 aliphatic carbocycles. The number of amides is 1. The van der Waals surface area contributed by atoms with Gasteiger partial charge in [-0.1, -0.05) is 12.1 Å². The van der Waals surface area contributed by atoms with E-state index in [0.717, 1.165) is 10.6 Å². The SMILES string of the molecule is C[C@H](OC(=O)C[C@H]1Sc2ccccc2NC1=O)c1nnc(-c2ccc(F)cc2)o1. The van der Waals surface area contributed by atoms with Crippen LogP contribution in [0.3, 0.4) is 0 Å². The lowest BCUT2D eigenvalue weighted by Crippen LogP contribution is -2.31. The maximum atomic E-state index is 13.0. The zero-order chi connectivity index (χ0) is 20.4. The van der Waals surface area contributed by atoms with Gasteiger partial charge in [-0.2, -0.15) is 0 Å². The summed E-state index contributed by atoms with van der Waals surface area (Å²) in [6.45, 7) is 1.60. The maximum Gasteiger partial charge on any atom is 0.308 e. The lowest BCUT2D eigenvalue weighted by atomic mass is 10.2. The Kier molecular flexibility index (Phi) is 5.30. The molecule has 1 N–H and O–H groups in total. The first-order chi connectivity index (χ1) is 14.0. The highest BCUT2D eigenvalue weighted by Crippen LogP contribution is 2.37. The quantitative estimate of drug-likeness (QED) is 0.632. The van der Waals surface area contributed by atoms with Gasteiger partial charge in [-0.15, -0.1) is 22.0 Å². The van der Waals surface area contributed by atoms with E-state index < -0.39 is 17.3 Å². The summed E-state index contributed by atoms with van der Waals surface area (Å²) in [5.74, 6) is -0.853. The van der Waals surface area contributed by atoms with Gasteiger partial charge >= 0.3 is 5.97 Å². The molecule has 0 fully saturated rings. The zero-order valence-corrected chi connectivity index (χ0v) is 16.1. The van der Waals surface area contributed by atoms with Gasteiger partial charge in [0.25, 0.3) is 5.89 Å². The number of ether oxygens (including phenoxy) is 1. The summed E-state index contributed by atoms with van der Waals surface area (Å²) < 4.78 is 23.9. The number of fused-ring (bicyclic) bond motifs is 1. The van der Waals surface area contributed by atoms with E-state index in [-0.39, 0.29) is 29.9 Å². The molecule has 0 bridgehead atoms. The van der Waals surface area contributed by atoms with E-state index in [0.29, 0.717) is 5.56 Å². The van der Waals surface area contributed by atoms with Gasteiger partial charge < -0.3 is 14.5 Å². The van der Waals surface area contributed by atoms with E-state index >= 15 is 0 Å². The van der Waals surface area contributed by atoms with Crippen LogP contribution >= 0.6 is 11.8 Å². The minimum Gasteiger partial charge on any atom is -0.453 e. The predicted octanol–water partition coefficient (Wildman–Crippen LogP) is 3.98. The molecule has 29 heavy (non-hydrogen) atoms. The second kappa shape index (κ2) is 8.04. The van der Waals surface area contributed by atoms with Gasteiger partial charge in [0.2, 0.25) is 11.8 Å². The summed E-state index contributed by atoms with van der Waals surface area (Å²) in [6.07, 6.45) is -0.873. The third kappa shape index (κ3) is 4.29. The van der Waals surface area contributed by atoms with Crippen LogP contribution in [0.15, 0.2) is 57.8 Å². The monoisotopic (exact) mass is 413 g/mol. The molecule has 1 amide bonds. The van der Waals surface area contributed by atoms with E-state index in [9.17, 15) is 14.0 Å². The Balaban J connectivity index is 1.38. The molecule has 9 heteroatoms. The van der Waals surface area contributed by atoms with Crippen LogP contribution in [0.25, 0.3) is 11.5 Å². The number of esters is 1. The van der Waals surface area contributed by atoms with Crippen LogP contribution in [0.4, 0.5) is 10.1 Å². The van der Waals surface area contributed by atoms with Crippen molar-refractivity contribution in [3.8, 4) is 11.5 Å². The van der Waals surface area contributed by atoms with Gasteiger partial charge in [-0.25, -0.2) is 4.39 Å². The topological polar surface area (TPSA) is 94.3 Å². The molecule has 1 aliphatic rings. The number of nitrogens with one attached hydrogen (secondary N) is 1. The van der Waals surface area contributed by atoms with Crippen molar-refractivity contribution < 1.29 is 23.1 Å². The van der Waals surface area contributed by atoms with Crippen molar-refractivity contribution in [2.45, 2.75) is 29.6 Å². The van der Waals surface area contributed by atoms with Gasteiger partial charge in [0.1, 0.15) is 5.82 Å². The highest BCUT2D eigenvalue weighted by atomic mass is 32.2. The average molecular weight is 413 g/mol. The Morgan fingerprint density at radius 1 is 1.24 bits per heavy atom. The predicted molar refractivity (Wildman–Crippen MR) is 104 cm³/mol. The first kappa shape index (κ1) is 19.1. The molecule has 0 spiro atoms. The number of carbonyl (C=O) groups excluding carboxylic acids is 2. The van der Waals surface area contributed by atoms with Crippen molar-refractivity contribution in [3.05, 3.63) is 60.2 Å². The fourth-order valence-corrected chi connectivity index (χ4v) is 3.88. The van der Waals surface area contributed by atoms with Gasteiger partial charge in [-0.3, -0.25) is 9.59 Å². The number of thioether (sulfide) groups is 1. The number of nitrogens with zero attached hydrogens (tertiary/aromatic N) is 2. The number of hydrogen-bond donors (Lipinski definition) is 1. The maximum absolute atomic E-state index is 13.0. The van der Waals surface area contributed by atoms with Crippen molar-refractivity contribution in [2.24, 2.45) is 0 Å². The molecule has 0 saturated heterocycles. The summed E-state index contributed by atoms with van der Waals surface area (Å²) in [5.41, 5.74) is 1.29. The minimum atomic E-state index is -0.784. The third-order valence-electron chi connectivity index (χ3n) is 4.25. The minimum absolute atomic E-state index is 0.0892. The van der Waals surface area contributed by atoms with Crippen LogP contribution in [-0.4, -0.2) is 27.3 Å². The molecule has 0 saturated carbocycles. The fraction of sp³-hybridized carbons (Fsp3) is 0.200. The van der Waals surface area contributed by atoms with Gasteiger partial charge in [0, 0.05) is 10.5 Å². The first-order valence-corrected chi connectivity index (χ1v) is 9.73. The summed E-state index contributed by atoms with van der Waals surface area (Å²) in [5, 5.41) is 10.00. The molecule has 1 aliphatic heterocycles. The second-order valence-corrected chi connectivity index (χ2v) is 7.63. The number of para-hydroxylation sites is 1. The highest BCUT2D eigenvalue weighted by molar-refractivity contribution is 8.01. The standard InChI is InChI=1S/C20H16FN3O4S/c1-11(19-23-24-20(28-19)12-6-8-13(21)9-7-12)27-17(25)10-16-18(26)22-14-4-2-3-5-15(14)29-16/h2-9,11,16H,10H2,1H3,(H,22,26)/t11-,16+/m0/s1. The number of anilines is 1. The molecule has 2 atom stereocenters. The molecule has 7 nitrogen and oxygen atoms in total. The molecule has 3 aromatic rings. The molecule has 4 rings (SSSR count). The lowest BCUT2D eigenvalue weighted by Gasteiger charge is -2.23. The molecule has 2 heterocycles. The number of carbonyl (C=O) groups is 2. The highest BCUT2D eigenvalue weighted by Gasteiger charge is 2.30. The Morgan fingerprint density at radius 2 is 2.00 bits per heavy atom. The van der Waals surface area contributed by atoms with Crippen molar-refractivity contribution >= 4 is 29.3 Å². The molecule has 0 radical (unpaired) electrons. The molecule has 0 unspecified atom stereocenters. The summed E-state index contributed by atoms with van der Waals surface area (Å²) >= 11 is 1.32. The Morgan fingerprint density at radius 3 is 2.79 bits per heavy atom. The van der Waals surface area contributed by atoms with Crippen LogP contribution in [0.1, 0.15) is 25.3 Å². The molecule has 148 valence electrons. The van der Waals surface area contributed by atoms with Gasteiger partial charge in [0.15, 0.2) is 6.10 Å². The molecule has 1 aromatic heterocycles. The van der Waals surface area contributed by atoms with Gasteiger partial charge in [0.05, 0.1) is 17.4 Å². The fourth-order valence-electron chi connectivity index (χ4n) is 2.78. The van der Waals surface area contributed by atoms with E-state index in [2.05, 4.69) is 15.5 Å². The van der Waals surface area contributed by atoms with E-state index in [1.54, 1.807) is 6.92 Å². The first-order valence-electron chi connectivity index (χ1n) is 8.85. The van der Waals surface area contributed by atoms with E-state index in [1.165, 1.54) is 36.0 Å². The largest absolute Gasteiger partial charge is 0.453 e. The van der Waals surface area contributed by atoms with Crippen LogP contribution in [0.2, 0.25) is 0 Å². The van der Waals surface area contributed by atoms with E-state index in [1.807, 2.05) is 24.3 Å². The Labute approximate surface area is 169 Å². The Bertz CT molecular complexity index is 1050. The molecular formula is C20H16FN3O4S. The van der Waals surface area contributed by atoms with Crippen molar-refractivity contribution in [1.29, 1.82) is 0 Å². The number of rotatable bonds is 5. The number of aromatic nitrogens is 2. The smallest absolute Gasteiger partial charge is 0.308 e. The van der Waals surface area contributed by atoms with Gasteiger partial charge in [-0.05, 0) is 43.3 Å². The number of hydrogen-bond acceptors (Lipinski definition) is 7. The lowest BCUT2D eigenvalue weighted by molar-refractivity contribution is -0.150. The molecule has 2 aromatic carbocycles. The Hall–Kier alpha value is -3.20. The van der Waals surface area contributed by atoms with Crippen LogP contribution < -0.4 is 5.32 Å².